The van der Waals surface area contributed by atoms with Gasteiger partial charge in [-0.25, -0.2) is 4.79 Å². The Morgan fingerprint density at radius 2 is 2.12 bits per heavy atom. The second kappa shape index (κ2) is 4.39. The Morgan fingerprint density at radius 1 is 1.41 bits per heavy atom. The third kappa shape index (κ3) is 2.28. The molecule has 3 nitrogen and oxygen atoms in total. The molecule has 0 aliphatic carbocycles. The summed E-state index contributed by atoms with van der Waals surface area (Å²) in [5, 5.41) is 9.57. The normalized spacial score (nSPS) is 10.5. The predicted octanol–water partition coefficient (Wildman–Crippen LogP) is 3.66. The summed E-state index contributed by atoms with van der Waals surface area (Å²) in [7, 11) is 0. The minimum absolute atomic E-state index is 0.166. The van der Waals surface area contributed by atoms with Gasteiger partial charge >= 0.3 is 5.97 Å². The van der Waals surface area contributed by atoms with E-state index in [1.54, 1.807) is 12.1 Å². The summed E-state index contributed by atoms with van der Waals surface area (Å²) in [5.74, 6) is -1.00. The van der Waals surface area contributed by atoms with Crippen LogP contribution in [0.2, 0.25) is 5.02 Å². The molecule has 3 N–H and O–H groups in total. The molecule has 1 heterocycles. The van der Waals surface area contributed by atoms with Crippen molar-refractivity contribution in [2.75, 3.05) is 5.73 Å². The molecule has 0 amide bonds. The van der Waals surface area contributed by atoms with Crippen LogP contribution in [0, 0.1) is 6.92 Å². The lowest BCUT2D eigenvalue weighted by Crippen LogP contribution is -1.96. The number of hydrogen-bond acceptors (Lipinski definition) is 3. The first-order valence-electron chi connectivity index (χ1n) is 4.88. The molecule has 2 aromatic rings. The molecule has 2 rings (SSSR count). The van der Waals surface area contributed by atoms with Crippen LogP contribution >= 0.6 is 22.9 Å². The van der Waals surface area contributed by atoms with E-state index in [1.165, 1.54) is 0 Å². The zero-order chi connectivity index (χ0) is 12.6. The van der Waals surface area contributed by atoms with Crippen molar-refractivity contribution in [2.24, 2.45) is 0 Å². The first kappa shape index (κ1) is 12.0. The van der Waals surface area contributed by atoms with Gasteiger partial charge in [-0.3, -0.25) is 0 Å². The van der Waals surface area contributed by atoms with Crippen molar-refractivity contribution in [3.63, 3.8) is 0 Å². The maximum Gasteiger partial charge on any atom is 0.348 e. The van der Waals surface area contributed by atoms with Gasteiger partial charge in [-0.2, -0.15) is 0 Å². The number of rotatable bonds is 2. The van der Waals surface area contributed by atoms with E-state index in [9.17, 15) is 4.79 Å². The highest BCUT2D eigenvalue weighted by molar-refractivity contribution is 7.18. The molecule has 0 bridgehead atoms. The maximum atomic E-state index is 10.9. The monoisotopic (exact) mass is 267 g/mol. The SMILES string of the molecule is Cc1ccc(Cl)cc1-c1cc(N)c(C(=O)O)s1. The minimum atomic E-state index is -1.00. The number of carbonyl (C=O) groups is 1. The van der Waals surface area contributed by atoms with Crippen LogP contribution < -0.4 is 5.73 Å². The van der Waals surface area contributed by atoms with Crippen molar-refractivity contribution in [2.45, 2.75) is 6.92 Å². The van der Waals surface area contributed by atoms with Gasteiger partial charge in [0.25, 0.3) is 0 Å². The number of aryl methyl sites for hydroxylation is 1. The van der Waals surface area contributed by atoms with Gasteiger partial charge in [0.2, 0.25) is 0 Å². The molecule has 0 aliphatic rings. The molecule has 0 spiro atoms. The van der Waals surface area contributed by atoms with Gasteiger partial charge in [-0.15, -0.1) is 11.3 Å². The third-order valence-corrected chi connectivity index (χ3v) is 3.83. The zero-order valence-corrected chi connectivity index (χ0v) is 10.6. The lowest BCUT2D eigenvalue weighted by Gasteiger charge is -2.02. The smallest absolute Gasteiger partial charge is 0.348 e. The first-order valence-corrected chi connectivity index (χ1v) is 6.07. The Morgan fingerprint density at radius 3 is 2.71 bits per heavy atom. The number of halogens is 1. The van der Waals surface area contributed by atoms with E-state index in [2.05, 4.69) is 0 Å². The number of hydrogen-bond donors (Lipinski definition) is 2. The van der Waals surface area contributed by atoms with E-state index in [4.69, 9.17) is 22.4 Å². The van der Waals surface area contributed by atoms with E-state index < -0.39 is 5.97 Å². The summed E-state index contributed by atoms with van der Waals surface area (Å²) < 4.78 is 0. The van der Waals surface area contributed by atoms with Crippen LogP contribution in [-0.2, 0) is 0 Å². The molecule has 0 aliphatic heterocycles. The summed E-state index contributed by atoms with van der Waals surface area (Å²) in [6.07, 6.45) is 0. The highest BCUT2D eigenvalue weighted by Gasteiger charge is 2.15. The molecule has 17 heavy (non-hydrogen) atoms. The lowest BCUT2D eigenvalue weighted by molar-refractivity contribution is 0.0703. The van der Waals surface area contributed by atoms with E-state index >= 15 is 0 Å². The number of benzene rings is 1. The van der Waals surface area contributed by atoms with E-state index in [0.717, 1.165) is 27.3 Å². The zero-order valence-electron chi connectivity index (χ0n) is 9.03. The molecular weight excluding hydrogens is 258 g/mol. The quantitative estimate of drug-likeness (QED) is 0.873. The molecule has 0 atom stereocenters. The Labute approximate surface area is 107 Å². The van der Waals surface area contributed by atoms with Crippen molar-refractivity contribution < 1.29 is 9.90 Å². The van der Waals surface area contributed by atoms with E-state index in [-0.39, 0.29) is 10.6 Å². The number of thiophene rings is 1. The molecule has 0 saturated heterocycles. The average Bonchev–Trinajstić information content (AvgIpc) is 2.64. The summed E-state index contributed by atoms with van der Waals surface area (Å²) in [5.41, 5.74) is 7.91. The molecule has 5 heteroatoms. The standard InChI is InChI=1S/C12H10ClNO2S/c1-6-2-3-7(13)4-8(6)10-5-9(14)11(17-10)12(15)16/h2-5H,14H2,1H3,(H,15,16). The fraction of sp³-hybridized carbons (Fsp3) is 0.0833. The van der Waals surface area contributed by atoms with Crippen molar-refractivity contribution in [1.82, 2.24) is 0 Å². The molecule has 1 aromatic heterocycles. The van der Waals surface area contributed by atoms with Crippen LogP contribution in [0.3, 0.4) is 0 Å². The van der Waals surface area contributed by atoms with Crippen molar-refractivity contribution in [3.05, 3.63) is 39.7 Å². The summed E-state index contributed by atoms with van der Waals surface area (Å²) in [6, 6.07) is 7.18. The van der Waals surface area contributed by atoms with Gasteiger partial charge < -0.3 is 10.8 Å². The Hall–Kier alpha value is -1.52. The second-order valence-electron chi connectivity index (χ2n) is 3.66. The number of nitrogen functional groups attached to an aromatic ring is 1. The third-order valence-electron chi connectivity index (χ3n) is 2.42. The minimum Gasteiger partial charge on any atom is -0.477 e. The molecule has 0 saturated carbocycles. The summed E-state index contributed by atoms with van der Waals surface area (Å²) in [4.78, 5) is 11.9. The summed E-state index contributed by atoms with van der Waals surface area (Å²) in [6.45, 7) is 1.95. The fourth-order valence-corrected chi connectivity index (χ4v) is 2.74. The molecule has 88 valence electrons. The van der Waals surface area contributed by atoms with Crippen molar-refractivity contribution >= 4 is 34.6 Å². The Kier molecular flexibility index (Phi) is 3.09. The van der Waals surface area contributed by atoms with Gasteiger partial charge in [0.1, 0.15) is 4.88 Å². The summed E-state index contributed by atoms with van der Waals surface area (Å²) >= 11 is 7.09. The second-order valence-corrected chi connectivity index (χ2v) is 5.15. The van der Waals surface area contributed by atoms with Crippen LogP contribution in [0.5, 0.6) is 0 Å². The number of aromatic carboxylic acids is 1. The van der Waals surface area contributed by atoms with E-state index in [0.29, 0.717) is 5.02 Å². The van der Waals surface area contributed by atoms with Gasteiger partial charge in [0.05, 0.1) is 5.69 Å². The molecule has 0 radical (unpaired) electrons. The number of nitrogens with two attached hydrogens (primary N) is 1. The number of carboxylic acids is 1. The topological polar surface area (TPSA) is 63.3 Å². The predicted molar refractivity (Wildman–Crippen MR) is 70.9 cm³/mol. The molecule has 0 unspecified atom stereocenters. The maximum absolute atomic E-state index is 10.9. The van der Waals surface area contributed by atoms with Crippen LogP contribution in [0.15, 0.2) is 24.3 Å². The van der Waals surface area contributed by atoms with Crippen LogP contribution in [0.25, 0.3) is 10.4 Å². The van der Waals surface area contributed by atoms with Crippen molar-refractivity contribution in [3.8, 4) is 10.4 Å². The van der Waals surface area contributed by atoms with Crippen LogP contribution in [-0.4, -0.2) is 11.1 Å². The lowest BCUT2D eigenvalue weighted by atomic mass is 10.1. The van der Waals surface area contributed by atoms with E-state index in [1.807, 2.05) is 19.1 Å². The largest absolute Gasteiger partial charge is 0.477 e. The molecule has 0 fully saturated rings. The van der Waals surface area contributed by atoms with Gasteiger partial charge in [0, 0.05) is 9.90 Å². The number of anilines is 1. The fourth-order valence-electron chi connectivity index (χ4n) is 1.56. The van der Waals surface area contributed by atoms with Crippen LogP contribution in [0.1, 0.15) is 15.2 Å². The van der Waals surface area contributed by atoms with Gasteiger partial charge in [-0.1, -0.05) is 17.7 Å². The van der Waals surface area contributed by atoms with Crippen molar-refractivity contribution in [1.29, 1.82) is 0 Å². The highest BCUT2D eigenvalue weighted by Crippen LogP contribution is 2.36. The molecule has 1 aromatic carbocycles. The molecular formula is C12H10ClNO2S. The average molecular weight is 268 g/mol. The van der Waals surface area contributed by atoms with Crippen LogP contribution in [0.4, 0.5) is 5.69 Å². The Balaban J connectivity index is 2.57. The van der Waals surface area contributed by atoms with Gasteiger partial charge in [0.15, 0.2) is 0 Å². The highest BCUT2D eigenvalue weighted by atomic mass is 35.5. The van der Waals surface area contributed by atoms with Gasteiger partial charge in [-0.05, 0) is 36.2 Å². The Bertz CT molecular complexity index is 592. The number of carboxylic acid groups (broad SMARTS) is 1. The first-order chi connectivity index (χ1) is 7.99.